The fourth-order valence-electron chi connectivity index (χ4n) is 3.55. The second-order valence-electron chi connectivity index (χ2n) is 12.8. The van der Waals surface area contributed by atoms with E-state index in [1.807, 2.05) is 20.8 Å². The molecule has 364 valence electrons. The van der Waals surface area contributed by atoms with E-state index in [-0.39, 0.29) is 18.4 Å². The molecule has 0 fully saturated rings. The van der Waals surface area contributed by atoms with Crippen molar-refractivity contribution in [3.8, 4) is 0 Å². The van der Waals surface area contributed by atoms with Gasteiger partial charge in [-0.2, -0.15) is 0 Å². The van der Waals surface area contributed by atoms with Crippen LogP contribution in [0.3, 0.4) is 0 Å². The molecule has 0 spiro atoms. The van der Waals surface area contributed by atoms with Crippen molar-refractivity contribution in [2.45, 2.75) is 39.7 Å². The first-order valence-electron chi connectivity index (χ1n) is 20.6. The van der Waals surface area contributed by atoms with Gasteiger partial charge in [0.2, 0.25) is 0 Å². The molecule has 0 rings (SSSR count). The highest BCUT2D eigenvalue weighted by Crippen LogP contribution is 2.06. The van der Waals surface area contributed by atoms with Crippen molar-refractivity contribution >= 4 is 11.8 Å². The Hall–Kier alpha value is -3.06. The van der Waals surface area contributed by atoms with Gasteiger partial charge in [0.25, 0.3) is 0 Å². The van der Waals surface area contributed by atoms with Gasteiger partial charge in [0.1, 0.15) is 11.4 Å². The summed E-state index contributed by atoms with van der Waals surface area (Å²) in [6.45, 7) is 23.4. The van der Waals surface area contributed by atoms with E-state index in [4.69, 9.17) is 82.5 Å². The average Bonchev–Trinajstić information content (AvgIpc) is 3.24. The number of ketones is 1. The Labute approximate surface area is 367 Å². The molecular formula is C39H76N6O17. The third-order valence-electron chi connectivity index (χ3n) is 6.30. The molecule has 0 bridgehead atoms. The first-order chi connectivity index (χ1) is 30.1. The molecule has 0 saturated heterocycles. The number of carbonyl (C=O) groups excluding carboxylic acids is 2. The normalized spacial score (nSPS) is 10.7. The number of azide groups is 2. The highest BCUT2D eigenvalue weighted by atomic mass is 16.6. The maximum atomic E-state index is 10.7. The van der Waals surface area contributed by atoms with Gasteiger partial charge in [0.05, 0.1) is 178 Å². The molecule has 23 nitrogen and oxygen atoms in total. The van der Waals surface area contributed by atoms with Crippen molar-refractivity contribution in [3.05, 3.63) is 33.5 Å². The number of nitrogens with zero attached hydrogens (tertiary/aromatic N) is 6. The predicted molar refractivity (Wildman–Crippen MR) is 227 cm³/mol. The molecule has 0 aliphatic rings. The molecule has 23 heteroatoms. The van der Waals surface area contributed by atoms with Crippen molar-refractivity contribution < 1.29 is 81.0 Å². The van der Waals surface area contributed by atoms with Gasteiger partial charge in [-0.3, -0.25) is 4.79 Å². The molecule has 0 unspecified atom stereocenters. The van der Waals surface area contributed by atoms with Crippen LogP contribution in [0.1, 0.15) is 34.1 Å². The summed E-state index contributed by atoms with van der Waals surface area (Å²) < 4.78 is 73.5. The SMILES string of the molecule is C=CC(=O)OC(C)(C)C.CC(=O)CCOCCOCCOCCOCCOCCOCCOCCN=[N+]=[N-].[N-]=[N+]=NCCOCCOCCOCCOCCOCCOCCO. The second kappa shape index (κ2) is 56.0. The number of hydrogen-bond acceptors (Lipinski definition) is 19. The second-order valence-corrected chi connectivity index (χ2v) is 12.8. The van der Waals surface area contributed by atoms with E-state index in [0.29, 0.717) is 191 Å². The van der Waals surface area contributed by atoms with Crippen LogP contribution in [0.25, 0.3) is 20.9 Å². The highest BCUT2D eigenvalue weighted by Gasteiger charge is 2.13. The van der Waals surface area contributed by atoms with Crippen LogP contribution in [0.15, 0.2) is 22.9 Å². The molecule has 1 N–H and O–H groups in total. The monoisotopic (exact) mass is 901 g/mol. The molecule has 62 heavy (non-hydrogen) atoms. The summed E-state index contributed by atoms with van der Waals surface area (Å²) in [4.78, 5) is 26.4. The Bertz CT molecular complexity index is 1040. The molecule has 0 heterocycles. The first kappa shape index (κ1) is 63.2. The molecular weight excluding hydrogens is 824 g/mol. The molecule has 0 aliphatic heterocycles. The summed E-state index contributed by atoms with van der Waals surface area (Å²) in [6.07, 6.45) is 1.60. The van der Waals surface area contributed by atoms with Gasteiger partial charge in [-0.1, -0.05) is 16.8 Å². The molecule has 0 aromatic heterocycles. The third-order valence-corrected chi connectivity index (χ3v) is 6.30. The zero-order chi connectivity index (χ0) is 46.3. The lowest BCUT2D eigenvalue weighted by Crippen LogP contribution is -2.22. The lowest BCUT2D eigenvalue weighted by Gasteiger charge is -2.17. The summed E-state index contributed by atoms with van der Waals surface area (Å²) in [5, 5.41) is 15.2. The summed E-state index contributed by atoms with van der Waals surface area (Å²) in [5.41, 5.74) is 15.7. The minimum absolute atomic E-state index is 0.0286. The number of carbonyl (C=O) groups is 2. The number of ether oxygens (including phenoxy) is 14. The fourth-order valence-corrected chi connectivity index (χ4v) is 3.55. The standard InChI is InChI=1S/C18H35N3O8.C14H29N3O7.C7H12O2/c1-18(22)2-4-23-6-8-25-10-12-27-14-16-29-17-15-28-13-11-26-9-7-24-5-3-20-21-19;15-17-16-1-3-19-5-7-21-9-11-23-13-14-24-12-10-22-8-6-20-4-2-18;1-5-6(8)9-7(2,3)4/h2-17H2,1H3;18H,1-14H2;5H,1H2,2-4H3. The molecule has 0 aliphatic carbocycles. The van der Waals surface area contributed by atoms with Gasteiger partial charge in [-0.05, 0) is 38.8 Å². The molecule has 0 radical (unpaired) electrons. The molecule has 0 saturated carbocycles. The number of aliphatic hydroxyl groups excluding tert-OH is 1. The van der Waals surface area contributed by atoms with E-state index in [1.165, 1.54) is 0 Å². The minimum Gasteiger partial charge on any atom is -0.457 e. The molecule has 0 atom stereocenters. The van der Waals surface area contributed by atoms with Gasteiger partial charge in [0, 0.05) is 35.4 Å². The Balaban J connectivity index is -0.000000947. The zero-order valence-electron chi connectivity index (χ0n) is 37.7. The van der Waals surface area contributed by atoms with Crippen LogP contribution in [0.4, 0.5) is 0 Å². The van der Waals surface area contributed by atoms with Crippen LogP contribution in [-0.4, -0.2) is 214 Å². The smallest absolute Gasteiger partial charge is 0.330 e. The maximum absolute atomic E-state index is 10.7. The number of hydrogen-bond donors (Lipinski definition) is 1. The fraction of sp³-hybridized carbons (Fsp3) is 0.897. The van der Waals surface area contributed by atoms with Crippen LogP contribution >= 0.6 is 0 Å². The van der Waals surface area contributed by atoms with Crippen LogP contribution in [0, 0.1) is 0 Å². The summed E-state index contributed by atoms with van der Waals surface area (Å²) in [5.74, 6) is -0.247. The molecule has 0 amide bonds. The Morgan fingerprint density at radius 1 is 0.484 bits per heavy atom. The van der Waals surface area contributed by atoms with Crippen LogP contribution in [-0.2, 0) is 75.9 Å². The van der Waals surface area contributed by atoms with E-state index >= 15 is 0 Å². The van der Waals surface area contributed by atoms with E-state index < -0.39 is 5.60 Å². The molecule has 0 aromatic carbocycles. The van der Waals surface area contributed by atoms with Gasteiger partial charge in [0.15, 0.2) is 0 Å². The van der Waals surface area contributed by atoms with Crippen LogP contribution < -0.4 is 0 Å². The predicted octanol–water partition coefficient (Wildman–Crippen LogP) is 3.29. The number of Topliss-reactive ketones (excluding diaryl/α,β-unsaturated/α-hetero) is 1. The summed E-state index contributed by atoms with van der Waals surface area (Å²) in [7, 11) is 0. The van der Waals surface area contributed by atoms with Crippen LogP contribution in [0.2, 0.25) is 0 Å². The van der Waals surface area contributed by atoms with Gasteiger partial charge < -0.3 is 71.4 Å². The van der Waals surface area contributed by atoms with Crippen molar-refractivity contribution in [1.29, 1.82) is 0 Å². The topological polar surface area (TPSA) is 281 Å². The van der Waals surface area contributed by atoms with Crippen molar-refractivity contribution in [3.63, 3.8) is 0 Å². The largest absolute Gasteiger partial charge is 0.457 e. The Morgan fingerprint density at radius 3 is 0.919 bits per heavy atom. The summed E-state index contributed by atoms with van der Waals surface area (Å²) in [6, 6.07) is 0. The third kappa shape index (κ3) is 68.7. The van der Waals surface area contributed by atoms with Crippen molar-refractivity contribution in [2.75, 3.05) is 191 Å². The van der Waals surface area contributed by atoms with E-state index in [2.05, 4.69) is 26.6 Å². The highest BCUT2D eigenvalue weighted by molar-refractivity contribution is 5.81. The lowest BCUT2D eigenvalue weighted by atomic mass is 10.2. The lowest BCUT2D eigenvalue weighted by molar-refractivity contribution is -0.148. The first-order valence-corrected chi connectivity index (χ1v) is 20.6. The number of rotatable bonds is 45. The van der Waals surface area contributed by atoms with Crippen LogP contribution in [0.5, 0.6) is 0 Å². The average molecular weight is 901 g/mol. The van der Waals surface area contributed by atoms with Gasteiger partial charge in [-0.25, -0.2) is 4.79 Å². The van der Waals surface area contributed by atoms with Crippen molar-refractivity contribution in [1.82, 2.24) is 0 Å². The Morgan fingerprint density at radius 2 is 0.726 bits per heavy atom. The van der Waals surface area contributed by atoms with Crippen molar-refractivity contribution in [2.24, 2.45) is 10.2 Å². The number of aliphatic hydroxyl groups is 1. The van der Waals surface area contributed by atoms with Gasteiger partial charge in [-0.15, -0.1) is 0 Å². The minimum atomic E-state index is -0.398. The Kier molecular flexibility index (Phi) is 57.1. The zero-order valence-corrected chi connectivity index (χ0v) is 37.7. The van der Waals surface area contributed by atoms with Gasteiger partial charge >= 0.3 is 5.97 Å². The quantitative estimate of drug-likeness (QED) is 0.0229. The number of esters is 1. The summed E-state index contributed by atoms with van der Waals surface area (Å²) >= 11 is 0. The maximum Gasteiger partial charge on any atom is 0.330 e. The molecule has 0 aromatic rings. The van der Waals surface area contributed by atoms with E-state index in [0.717, 1.165) is 6.08 Å². The van der Waals surface area contributed by atoms with E-state index in [1.54, 1.807) is 6.92 Å². The van der Waals surface area contributed by atoms with E-state index in [9.17, 15) is 9.59 Å².